The van der Waals surface area contributed by atoms with Gasteiger partial charge < -0.3 is 10.6 Å². The van der Waals surface area contributed by atoms with Gasteiger partial charge in [-0.2, -0.15) is 0 Å². The van der Waals surface area contributed by atoms with E-state index in [0.717, 1.165) is 16.3 Å². The first-order valence-corrected chi connectivity index (χ1v) is 9.53. The molecule has 0 aliphatic heterocycles. The van der Waals surface area contributed by atoms with Crippen LogP contribution in [0.4, 0.5) is 11.4 Å². The second-order valence-corrected chi connectivity index (χ2v) is 8.84. The quantitative estimate of drug-likeness (QED) is 0.689. The number of benzene rings is 2. The summed E-state index contributed by atoms with van der Waals surface area (Å²) in [7, 11) is 0. The third kappa shape index (κ3) is 6.92. The van der Waals surface area contributed by atoms with E-state index in [1.54, 1.807) is 0 Å². The highest BCUT2D eigenvalue weighted by molar-refractivity contribution is 8.00. The Morgan fingerprint density at radius 3 is 2.27 bits per heavy atom. The van der Waals surface area contributed by atoms with E-state index in [1.807, 2.05) is 82.3 Å². The van der Waals surface area contributed by atoms with E-state index in [1.165, 1.54) is 11.8 Å². The Morgan fingerprint density at radius 1 is 0.962 bits per heavy atom. The van der Waals surface area contributed by atoms with Gasteiger partial charge in [0.15, 0.2) is 0 Å². The Bertz CT molecular complexity index is 754. The predicted molar refractivity (Wildman–Crippen MR) is 110 cm³/mol. The number of thioether (sulfide) groups is 1. The fraction of sp³-hybridized carbons (Fsp3) is 0.333. The standard InChI is InChI=1S/C21H26N2O2S/c1-15(20(25)23-16-9-6-5-7-10-16)26-18-12-8-11-17(13-18)22-19(24)14-21(2,3)4/h5-13,15H,14H2,1-4H3,(H,22,24)(H,23,25). The summed E-state index contributed by atoms with van der Waals surface area (Å²) in [4.78, 5) is 25.4. The van der Waals surface area contributed by atoms with E-state index in [2.05, 4.69) is 10.6 Å². The fourth-order valence-corrected chi connectivity index (χ4v) is 3.28. The van der Waals surface area contributed by atoms with Crippen molar-refractivity contribution >= 4 is 35.0 Å². The van der Waals surface area contributed by atoms with E-state index >= 15 is 0 Å². The van der Waals surface area contributed by atoms with Crippen molar-refractivity contribution in [3.63, 3.8) is 0 Å². The third-order valence-corrected chi connectivity index (χ3v) is 4.63. The lowest BCUT2D eigenvalue weighted by molar-refractivity contribution is -0.118. The Morgan fingerprint density at radius 2 is 1.62 bits per heavy atom. The zero-order valence-electron chi connectivity index (χ0n) is 15.7. The molecule has 26 heavy (non-hydrogen) atoms. The second-order valence-electron chi connectivity index (χ2n) is 7.43. The van der Waals surface area contributed by atoms with Gasteiger partial charge in [0.2, 0.25) is 11.8 Å². The van der Waals surface area contributed by atoms with Gasteiger partial charge in [0.1, 0.15) is 0 Å². The molecular weight excluding hydrogens is 344 g/mol. The first-order chi connectivity index (χ1) is 12.2. The van der Waals surface area contributed by atoms with Gasteiger partial charge in [-0.15, -0.1) is 11.8 Å². The molecule has 0 aliphatic rings. The molecule has 0 aliphatic carbocycles. The molecule has 0 fully saturated rings. The van der Waals surface area contributed by atoms with Crippen molar-refractivity contribution in [3.8, 4) is 0 Å². The van der Waals surface area contributed by atoms with Crippen molar-refractivity contribution in [2.24, 2.45) is 5.41 Å². The van der Waals surface area contributed by atoms with Crippen LogP contribution in [0.1, 0.15) is 34.1 Å². The molecule has 2 N–H and O–H groups in total. The van der Waals surface area contributed by atoms with Crippen LogP contribution in [-0.2, 0) is 9.59 Å². The first kappa shape index (κ1) is 20.0. The van der Waals surface area contributed by atoms with E-state index in [9.17, 15) is 9.59 Å². The molecular formula is C21H26N2O2S. The third-order valence-electron chi connectivity index (χ3n) is 3.53. The minimum Gasteiger partial charge on any atom is -0.326 e. The number of carbonyl (C=O) groups is 2. The monoisotopic (exact) mass is 370 g/mol. The van der Waals surface area contributed by atoms with Crippen molar-refractivity contribution in [1.29, 1.82) is 0 Å². The van der Waals surface area contributed by atoms with E-state index < -0.39 is 0 Å². The van der Waals surface area contributed by atoms with Gasteiger partial charge in [-0.05, 0) is 42.7 Å². The molecule has 0 bridgehead atoms. The first-order valence-electron chi connectivity index (χ1n) is 8.65. The van der Waals surface area contributed by atoms with Crippen LogP contribution in [-0.4, -0.2) is 17.1 Å². The Hall–Kier alpha value is -2.27. The van der Waals surface area contributed by atoms with Crippen LogP contribution in [0, 0.1) is 5.41 Å². The molecule has 2 aromatic rings. The van der Waals surface area contributed by atoms with Crippen LogP contribution in [0.15, 0.2) is 59.5 Å². The summed E-state index contributed by atoms with van der Waals surface area (Å²) in [6.07, 6.45) is 0.459. The van der Waals surface area contributed by atoms with Crippen molar-refractivity contribution in [2.75, 3.05) is 10.6 Å². The van der Waals surface area contributed by atoms with Gasteiger partial charge in [0.25, 0.3) is 0 Å². The average Bonchev–Trinajstić information content (AvgIpc) is 2.54. The van der Waals surface area contributed by atoms with E-state index in [-0.39, 0.29) is 22.5 Å². The summed E-state index contributed by atoms with van der Waals surface area (Å²) in [5, 5.41) is 5.58. The average molecular weight is 371 g/mol. The van der Waals surface area contributed by atoms with E-state index in [0.29, 0.717) is 6.42 Å². The molecule has 2 aromatic carbocycles. The number of nitrogens with one attached hydrogen (secondary N) is 2. The molecule has 0 aromatic heterocycles. The lowest BCUT2D eigenvalue weighted by Crippen LogP contribution is -2.22. The number of rotatable bonds is 6. The number of amides is 2. The summed E-state index contributed by atoms with van der Waals surface area (Å²) in [5.41, 5.74) is 1.48. The largest absolute Gasteiger partial charge is 0.326 e. The van der Waals surface area contributed by atoms with Crippen molar-refractivity contribution in [3.05, 3.63) is 54.6 Å². The molecule has 2 rings (SSSR count). The molecule has 1 unspecified atom stereocenters. The molecule has 1 atom stereocenters. The zero-order chi connectivity index (χ0) is 19.2. The van der Waals surface area contributed by atoms with Crippen molar-refractivity contribution < 1.29 is 9.59 Å². The van der Waals surface area contributed by atoms with Gasteiger partial charge in [-0.1, -0.05) is 45.0 Å². The van der Waals surface area contributed by atoms with Crippen LogP contribution in [0.5, 0.6) is 0 Å². The maximum absolute atomic E-state index is 12.3. The highest BCUT2D eigenvalue weighted by Gasteiger charge is 2.17. The minimum atomic E-state index is -0.254. The van der Waals surface area contributed by atoms with Gasteiger partial charge in [0, 0.05) is 22.7 Å². The van der Waals surface area contributed by atoms with Gasteiger partial charge in [0.05, 0.1) is 5.25 Å². The maximum atomic E-state index is 12.3. The summed E-state index contributed by atoms with van der Waals surface area (Å²) < 4.78 is 0. The zero-order valence-corrected chi connectivity index (χ0v) is 16.5. The molecule has 4 nitrogen and oxygen atoms in total. The number of anilines is 2. The molecule has 0 spiro atoms. The number of hydrogen-bond acceptors (Lipinski definition) is 3. The Labute approximate surface area is 159 Å². The SMILES string of the molecule is CC(Sc1cccc(NC(=O)CC(C)(C)C)c1)C(=O)Nc1ccccc1. The maximum Gasteiger partial charge on any atom is 0.237 e. The topological polar surface area (TPSA) is 58.2 Å². The minimum absolute atomic E-state index is 0.00507. The molecule has 5 heteroatoms. The molecule has 138 valence electrons. The normalized spacial score (nSPS) is 12.3. The Balaban J connectivity index is 1.94. The van der Waals surface area contributed by atoms with Gasteiger partial charge >= 0.3 is 0 Å². The molecule has 0 saturated carbocycles. The van der Waals surface area contributed by atoms with Crippen molar-refractivity contribution in [1.82, 2.24) is 0 Å². The number of para-hydroxylation sites is 1. The smallest absolute Gasteiger partial charge is 0.237 e. The summed E-state index contributed by atoms with van der Waals surface area (Å²) >= 11 is 1.46. The van der Waals surface area contributed by atoms with Crippen LogP contribution >= 0.6 is 11.8 Å². The summed E-state index contributed by atoms with van der Waals surface area (Å²) in [5.74, 6) is -0.0575. The van der Waals surface area contributed by atoms with Crippen LogP contribution < -0.4 is 10.6 Å². The lowest BCUT2D eigenvalue weighted by atomic mass is 9.92. The highest BCUT2D eigenvalue weighted by Crippen LogP contribution is 2.27. The summed E-state index contributed by atoms with van der Waals surface area (Å²) in [6, 6.07) is 17.0. The molecule has 0 saturated heterocycles. The lowest BCUT2D eigenvalue weighted by Gasteiger charge is -2.17. The van der Waals surface area contributed by atoms with Gasteiger partial charge in [-0.3, -0.25) is 9.59 Å². The number of hydrogen-bond donors (Lipinski definition) is 2. The van der Waals surface area contributed by atoms with Crippen LogP contribution in [0.2, 0.25) is 0 Å². The second kappa shape index (κ2) is 8.90. The van der Waals surface area contributed by atoms with Gasteiger partial charge in [-0.25, -0.2) is 0 Å². The molecule has 2 amide bonds. The van der Waals surface area contributed by atoms with Crippen LogP contribution in [0.3, 0.4) is 0 Å². The predicted octanol–water partition coefficient (Wildman–Crippen LogP) is 5.18. The van der Waals surface area contributed by atoms with E-state index in [4.69, 9.17) is 0 Å². The fourth-order valence-electron chi connectivity index (χ4n) is 2.36. The summed E-state index contributed by atoms with van der Waals surface area (Å²) in [6.45, 7) is 7.97. The number of carbonyl (C=O) groups excluding carboxylic acids is 2. The highest BCUT2D eigenvalue weighted by atomic mass is 32.2. The molecule has 0 heterocycles. The van der Waals surface area contributed by atoms with Crippen molar-refractivity contribution in [2.45, 2.75) is 44.3 Å². The van der Waals surface area contributed by atoms with Crippen LogP contribution in [0.25, 0.3) is 0 Å². The Kier molecular flexibility index (Phi) is 6.86. The molecule has 0 radical (unpaired) electrons.